The van der Waals surface area contributed by atoms with Crippen LogP contribution in [0.25, 0.3) is 0 Å². The molecule has 0 unspecified atom stereocenters. The Morgan fingerprint density at radius 3 is 1.43 bits per heavy atom. The van der Waals surface area contributed by atoms with E-state index >= 15 is 0 Å². The van der Waals surface area contributed by atoms with Crippen molar-refractivity contribution in [1.29, 1.82) is 0 Å². The van der Waals surface area contributed by atoms with Gasteiger partial charge in [-0.3, -0.25) is 0 Å². The molecule has 0 aromatic heterocycles. The van der Waals surface area contributed by atoms with Gasteiger partial charge in [-0.05, 0) is 0 Å². The molecule has 0 amide bonds. The van der Waals surface area contributed by atoms with E-state index < -0.39 is 9.36 Å². The number of alkyl halides is 4. The molecule has 0 rings (SSSR count). The molecule has 7 heavy (non-hydrogen) atoms. The van der Waals surface area contributed by atoms with Gasteiger partial charge in [-0.1, -0.05) is 46.4 Å². The first-order valence-corrected chi connectivity index (χ1v) is 2.94. The topological polar surface area (TPSA) is 19.9 Å². The zero-order chi connectivity index (χ0) is 6.08. The van der Waals surface area contributed by atoms with Crippen molar-refractivity contribution in [1.82, 2.24) is 0 Å². The van der Waals surface area contributed by atoms with Gasteiger partial charge in [0.2, 0.25) is 0 Å². The van der Waals surface area contributed by atoms with E-state index in [0.29, 0.717) is 0 Å². The SMILES string of the molecule is [O]C(Cl)(Cl)C(Cl)Cl. The predicted molar refractivity (Wildman–Crippen MR) is 30.6 cm³/mol. The lowest BCUT2D eigenvalue weighted by molar-refractivity contribution is 0.133. The van der Waals surface area contributed by atoms with Gasteiger partial charge in [0.25, 0.3) is 4.52 Å². The summed E-state index contributed by atoms with van der Waals surface area (Å²) < 4.78 is -2.27. The number of hydrogen-bond acceptors (Lipinski definition) is 0. The Labute approximate surface area is 61.1 Å². The van der Waals surface area contributed by atoms with Crippen LogP contribution in [0.15, 0.2) is 0 Å². The fourth-order valence-electron chi connectivity index (χ4n) is 0. The normalized spacial score (nSPS) is 12.9. The summed E-state index contributed by atoms with van der Waals surface area (Å²) in [6, 6.07) is 0. The van der Waals surface area contributed by atoms with Crippen LogP contribution >= 0.6 is 46.4 Å². The quantitative estimate of drug-likeness (QED) is 0.555. The highest BCUT2D eigenvalue weighted by Gasteiger charge is 2.30. The second kappa shape index (κ2) is 2.60. The summed E-state index contributed by atoms with van der Waals surface area (Å²) in [7, 11) is 0. The average Bonchev–Trinajstić information content (AvgIpc) is 1.31. The highest BCUT2D eigenvalue weighted by atomic mass is 35.5. The van der Waals surface area contributed by atoms with Crippen molar-refractivity contribution in [3.05, 3.63) is 0 Å². The minimum absolute atomic E-state index is 1.28. The first-order valence-electron chi connectivity index (χ1n) is 1.31. The van der Waals surface area contributed by atoms with Crippen molar-refractivity contribution in [2.45, 2.75) is 9.36 Å². The molecule has 0 bridgehead atoms. The predicted octanol–water partition coefficient (Wildman–Crippen LogP) is 2.35. The van der Waals surface area contributed by atoms with Gasteiger partial charge < -0.3 is 0 Å². The molecular formula is C2HCl4O. The third kappa shape index (κ3) is 3.68. The summed E-state index contributed by atoms with van der Waals surface area (Å²) in [5, 5.41) is 10.1. The smallest absolute Gasteiger partial charge is 0.191 e. The molecule has 0 saturated heterocycles. The Morgan fingerprint density at radius 2 is 1.43 bits per heavy atom. The zero-order valence-electron chi connectivity index (χ0n) is 3.00. The minimum atomic E-state index is -2.27. The summed E-state index contributed by atoms with van der Waals surface area (Å²) in [6.07, 6.45) is 0. The maximum absolute atomic E-state index is 10.1. The van der Waals surface area contributed by atoms with E-state index in [1.807, 2.05) is 0 Å². The van der Waals surface area contributed by atoms with Gasteiger partial charge in [-0.15, -0.1) is 0 Å². The van der Waals surface area contributed by atoms with E-state index in [2.05, 4.69) is 0 Å². The fourth-order valence-corrected chi connectivity index (χ4v) is 0. The molecule has 0 atom stereocenters. The lowest BCUT2D eigenvalue weighted by atomic mass is 10.8. The monoisotopic (exact) mass is 181 g/mol. The van der Waals surface area contributed by atoms with E-state index in [9.17, 15) is 5.11 Å². The Balaban J connectivity index is 3.54. The van der Waals surface area contributed by atoms with Crippen LogP contribution in [0.3, 0.4) is 0 Å². The van der Waals surface area contributed by atoms with Crippen LogP contribution in [0.5, 0.6) is 0 Å². The third-order valence-electron chi connectivity index (χ3n) is 0.254. The van der Waals surface area contributed by atoms with Gasteiger partial charge in [0.15, 0.2) is 4.84 Å². The fraction of sp³-hybridized carbons (Fsp3) is 1.00. The average molecular weight is 183 g/mol. The lowest BCUT2D eigenvalue weighted by Gasteiger charge is -2.07. The van der Waals surface area contributed by atoms with Crippen LogP contribution in [0.2, 0.25) is 0 Å². The van der Waals surface area contributed by atoms with E-state index in [-0.39, 0.29) is 0 Å². The molecule has 43 valence electrons. The highest BCUT2D eigenvalue weighted by Crippen LogP contribution is 2.28. The Hall–Kier alpha value is 1.12. The Morgan fingerprint density at radius 1 is 1.29 bits per heavy atom. The van der Waals surface area contributed by atoms with Crippen molar-refractivity contribution < 1.29 is 5.11 Å². The molecule has 0 saturated carbocycles. The molecule has 1 nitrogen and oxygen atoms in total. The van der Waals surface area contributed by atoms with Crippen molar-refractivity contribution in [2.24, 2.45) is 0 Å². The molecule has 0 aliphatic carbocycles. The molecule has 0 heterocycles. The van der Waals surface area contributed by atoms with Crippen molar-refractivity contribution >= 4 is 46.4 Å². The van der Waals surface area contributed by atoms with Crippen molar-refractivity contribution in [3.8, 4) is 0 Å². The summed E-state index contributed by atoms with van der Waals surface area (Å²) >= 11 is 19.5. The van der Waals surface area contributed by atoms with Gasteiger partial charge in [0.1, 0.15) is 0 Å². The summed E-state index contributed by atoms with van der Waals surface area (Å²) in [4.78, 5) is -1.28. The molecule has 0 aromatic carbocycles. The molecule has 5 heteroatoms. The maximum atomic E-state index is 10.1. The zero-order valence-corrected chi connectivity index (χ0v) is 6.02. The van der Waals surface area contributed by atoms with E-state index in [1.165, 1.54) is 0 Å². The van der Waals surface area contributed by atoms with Crippen molar-refractivity contribution in [3.63, 3.8) is 0 Å². The van der Waals surface area contributed by atoms with Crippen LogP contribution in [0, 0.1) is 0 Å². The Bertz CT molecular complexity index is 55.2. The highest BCUT2D eigenvalue weighted by molar-refractivity contribution is 6.58. The summed E-state index contributed by atoms with van der Waals surface area (Å²) in [5.74, 6) is 0. The van der Waals surface area contributed by atoms with Crippen molar-refractivity contribution in [2.75, 3.05) is 0 Å². The molecule has 0 N–H and O–H groups in total. The van der Waals surface area contributed by atoms with Crippen LogP contribution in [-0.4, -0.2) is 9.36 Å². The molecule has 0 aliphatic rings. The van der Waals surface area contributed by atoms with Crippen LogP contribution in [0.4, 0.5) is 0 Å². The summed E-state index contributed by atoms with van der Waals surface area (Å²) in [5.41, 5.74) is 0. The third-order valence-corrected chi connectivity index (χ3v) is 1.75. The van der Waals surface area contributed by atoms with Gasteiger partial charge in [0.05, 0.1) is 0 Å². The minimum Gasteiger partial charge on any atom is -0.191 e. The largest absolute Gasteiger partial charge is 0.280 e. The molecule has 0 fully saturated rings. The van der Waals surface area contributed by atoms with E-state index in [4.69, 9.17) is 46.4 Å². The first-order chi connectivity index (χ1) is 2.94. The molecular weight excluding hydrogens is 182 g/mol. The van der Waals surface area contributed by atoms with Gasteiger partial charge in [0, 0.05) is 0 Å². The van der Waals surface area contributed by atoms with Gasteiger partial charge in [-0.25, -0.2) is 0 Å². The second-order valence-electron chi connectivity index (χ2n) is 0.862. The van der Waals surface area contributed by atoms with Crippen LogP contribution in [-0.2, 0) is 5.11 Å². The molecule has 0 aliphatic heterocycles. The van der Waals surface area contributed by atoms with E-state index in [1.54, 1.807) is 0 Å². The number of hydrogen-bond donors (Lipinski definition) is 0. The number of halogens is 4. The van der Waals surface area contributed by atoms with Crippen LogP contribution < -0.4 is 0 Å². The second-order valence-corrected chi connectivity index (χ2v) is 3.28. The maximum Gasteiger partial charge on any atom is 0.280 e. The standard InChI is InChI=1S/C2HCl4O/c3-1(4)2(5,6)7/h1H. The van der Waals surface area contributed by atoms with Gasteiger partial charge >= 0.3 is 0 Å². The van der Waals surface area contributed by atoms with Gasteiger partial charge in [-0.2, -0.15) is 5.11 Å². The van der Waals surface area contributed by atoms with Crippen LogP contribution in [0.1, 0.15) is 0 Å². The molecule has 1 radical (unpaired) electrons. The van der Waals surface area contributed by atoms with E-state index in [0.717, 1.165) is 0 Å². The lowest BCUT2D eigenvalue weighted by Crippen LogP contribution is -2.17. The first kappa shape index (κ1) is 8.12. The molecule has 0 aromatic rings. The summed E-state index contributed by atoms with van der Waals surface area (Å²) in [6.45, 7) is 0. The number of rotatable bonds is 1. The molecule has 0 spiro atoms. The Kier molecular flexibility index (Phi) is 3.02.